The molecule has 12 nitrogen and oxygen atoms in total. The van der Waals surface area contributed by atoms with Crippen LogP contribution in [0.25, 0.3) is 11.4 Å². The number of rotatable bonds is 6. The molecule has 190 valence electrons. The molecular weight excluding hydrogens is 489 g/mol. The lowest BCUT2D eigenvalue weighted by Crippen LogP contribution is -2.49. The number of aromatic nitrogens is 3. The first-order valence-corrected chi connectivity index (χ1v) is 10.4. The number of hydrogen-bond acceptors (Lipinski definition) is 10. The van der Waals surface area contributed by atoms with Crippen LogP contribution >= 0.6 is 0 Å². The van der Waals surface area contributed by atoms with Gasteiger partial charge in [-0.2, -0.15) is 18.2 Å². The number of hydrogen-bond donors (Lipinski definition) is 0. The minimum atomic E-state index is -4.74. The highest BCUT2D eigenvalue weighted by Crippen LogP contribution is 2.35. The van der Waals surface area contributed by atoms with Crippen molar-refractivity contribution in [1.29, 1.82) is 0 Å². The molecule has 0 atom stereocenters. The van der Waals surface area contributed by atoms with E-state index in [-0.39, 0.29) is 41.5 Å². The van der Waals surface area contributed by atoms with E-state index in [2.05, 4.69) is 19.6 Å². The molecule has 1 aromatic carbocycles. The number of alkyl halides is 3. The summed E-state index contributed by atoms with van der Waals surface area (Å²) in [7, 11) is 2.70. The van der Waals surface area contributed by atoms with Gasteiger partial charge in [0.1, 0.15) is 11.4 Å². The first-order chi connectivity index (χ1) is 17.1. The second-order valence-corrected chi connectivity index (χ2v) is 7.59. The Kier molecular flexibility index (Phi) is 6.63. The van der Waals surface area contributed by atoms with Gasteiger partial charge in [0.05, 0.1) is 25.2 Å². The molecule has 3 aromatic rings. The number of carbonyl (C=O) groups is 1. The topological polar surface area (TPSA) is 137 Å². The predicted octanol–water partition coefficient (Wildman–Crippen LogP) is 3.04. The van der Waals surface area contributed by atoms with Crippen LogP contribution in [-0.2, 0) is 6.18 Å². The maximum absolute atomic E-state index is 13.1. The van der Waals surface area contributed by atoms with E-state index in [0.29, 0.717) is 18.9 Å². The number of pyridine rings is 1. The zero-order chi connectivity index (χ0) is 26.0. The van der Waals surface area contributed by atoms with Gasteiger partial charge in [0.2, 0.25) is 5.82 Å². The van der Waals surface area contributed by atoms with Crippen molar-refractivity contribution in [3.63, 3.8) is 0 Å². The number of halogens is 3. The Morgan fingerprint density at radius 2 is 1.78 bits per heavy atom. The van der Waals surface area contributed by atoms with Crippen LogP contribution in [0.3, 0.4) is 0 Å². The molecule has 0 spiro atoms. The summed E-state index contributed by atoms with van der Waals surface area (Å²) in [5.74, 6) is -1.36. The monoisotopic (exact) mass is 508 g/mol. The summed E-state index contributed by atoms with van der Waals surface area (Å²) < 4.78 is 52.5. The number of benzene rings is 1. The predicted molar refractivity (Wildman–Crippen MR) is 117 cm³/mol. The van der Waals surface area contributed by atoms with E-state index >= 15 is 0 Å². The van der Waals surface area contributed by atoms with Crippen LogP contribution in [0.1, 0.15) is 16.2 Å². The third-order valence-corrected chi connectivity index (χ3v) is 5.49. The van der Waals surface area contributed by atoms with E-state index in [0.717, 1.165) is 6.07 Å². The smallest absolute Gasteiger partial charge is 0.471 e. The van der Waals surface area contributed by atoms with Gasteiger partial charge in [-0.25, -0.2) is 4.98 Å². The first kappa shape index (κ1) is 24.7. The summed E-state index contributed by atoms with van der Waals surface area (Å²) in [4.78, 5) is 34.9. The Hall–Kier alpha value is -4.43. The van der Waals surface area contributed by atoms with Crippen LogP contribution in [0.15, 0.2) is 35.0 Å². The van der Waals surface area contributed by atoms with E-state index in [4.69, 9.17) is 9.47 Å². The van der Waals surface area contributed by atoms with E-state index in [1.165, 1.54) is 37.4 Å². The van der Waals surface area contributed by atoms with Gasteiger partial charge >= 0.3 is 12.1 Å². The minimum absolute atomic E-state index is 0.119. The fourth-order valence-corrected chi connectivity index (χ4v) is 3.66. The molecule has 0 N–H and O–H groups in total. The Balaban J connectivity index is 1.45. The van der Waals surface area contributed by atoms with Crippen molar-refractivity contribution in [2.75, 3.05) is 45.3 Å². The Bertz CT molecular complexity index is 1270. The molecule has 15 heteroatoms. The summed E-state index contributed by atoms with van der Waals surface area (Å²) in [6.45, 7) is 1.26. The van der Waals surface area contributed by atoms with Crippen LogP contribution in [0.2, 0.25) is 0 Å². The molecular formula is C21H19F3N6O6. The first-order valence-electron chi connectivity index (χ1n) is 10.4. The van der Waals surface area contributed by atoms with Gasteiger partial charge in [-0.05, 0) is 12.1 Å². The summed E-state index contributed by atoms with van der Waals surface area (Å²) >= 11 is 0. The molecule has 1 amide bonds. The minimum Gasteiger partial charge on any atom is -0.493 e. The van der Waals surface area contributed by atoms with Crippen LogP contribution in [0.4, 0.5) is 24.7 Å². The number of anilines is 1. The highest BCUT2D eigenvalue weighted by atomic mass is 19.4. The van der Waals surface area contributed by atoms with Crippen molar-refractivity contribution >= 4 is 17.4 Å². The van der Waals surface area contributed by atoms with Crippen molar-refractivity contribution in [1.82, 2.24) is 20.0 Å². The van der Waals surface area contributed by atoms with Gasteiger partial charge < -0.3 is 23.8 Å². The summed E-state index contributed by atoms with van der Waals surface area (Å²) in [6.07, 6.45) is -3.42. The summed E-state index contributed by atoms with van der Waals surface area (Å²) in [5, 5.41) is 14.9. The molecule has 3 heterocycles. The zero-order valence-electron chi connectivity index (χ0n) is 19.0. The Morgan fingerprint density at radius 1 is 1.11 bits per heavy atom. The molecule has 1 saturated heterocycles. The molecule has 1 aliphatic heterocycles. The largest absolute Gasteiger partial charge is 0.493 e. The van der Waals surface area contributed by atoms with Crippen molar-refractivity contribution in [3.05, 3.63) is 52.0 Å². The average Bonchev–Trinajstić information content (AvgIpc) is 3.39. The Labute approximate surface area is 201 Å². The maximum Gasteiger partial charge on any atom is 0.471 e. The van der Waals surface area contributed by atoms with Gasteiger partial charge in [-0.1, -0.05) is 5.16 Å². The zero-order valence-corrected chi connectivity index (χ0v) is 19.0. The van der Waals surface area contributed by atoms with Gasteiger partial charge in [0, 0.05) is 44.0 Å². The van der Waals surface area contributed by atoms with E-state index in [9.17, 15) is 28.1 Å². The number of nitro benzene ring substituents is 1. The second-order valence-electron chi connectivity index (χ2n) is 7.59. The molecule has 36 heavy (non-hydrogen) atoms. The normalized spacial score (nSPS) is 14.0. The van der Waals surface area contributed by atoms with Crippen molar-refractivity contribution in [3.8, 4) is 22.9 Å². The molecule has 0 saturated carbocycles. The lowest BCUT2D eigenvalue weighted by atomic mass is 10.1. The molecule has 0 radical (unpaired) electrons. The van der Waals surface area contributed by atoms with Crippen LogP contribution < -0.4 is 14.4 Å². The molecule has 1 fully saturated rings. The highest BCUT2D eigenvalue weighted by molar-refractivity contribution is 5.99. The van der Waals surface area contributed by atoms with Gasteiger partial charge in [0.25, 0.3) is 11.6 Å². The number of ether oxygens (including phenoxy) is 2. The van der Waals surface area contributed by atoms with E-state index < -0.39 is 28.6 Å². The fraction of sp³-hybridized carbons (Fsp3) is 0.333. The van der Waals surface area contributed by atoms with Crippen LogP contribution in [0, 0.1) is 10.1 Å². The molecule has 1 aliphatic rings. The summed E-state index contributed by atoms with van der Waals surface area (Å²) in [6, 6.07) is 5.54. The fourth-order valence-electron chi connectivity index (χ4n) is 3.66. The van der Waals surface area contributed by atoms with Crippen LogP contribution in [-0.4, -0.2) is 71.3 Å². The highest BCUT2D eigenvalue weighted by Gasteiger charge is 2.38. The van der Waals surface area contributed by atoms with E-state index in [1.807, 2.05) is 4.90 Å². The lowest BCUT2D eigenvalue weighted by molar-refractivity contribution is -0.385. The SMILES string of the molecule is COc1cc(C(=O)N2CCN(c3ccc(-c4noc(C(F)(F)F)n4)cn3)CC2)c([N+](=O)[O-])cc1OC. The molecule has 4 rings (SSSR count). The second kappa shape index (κ2) is 9.67. The number of amides is 1. The van der Waals surface area contributed by atoms with Crippen molar-refractivity contribution in [2.24, 2.45) is 0 Å². The number of piperazine rings is 1. The third kappa shape index (κ3) is 4.85. The number of nitrogens with zero attached hydrogens (tertiary/aromatic N) is 6. The standard InChI is InChI=1S/C21H19F3N6O6/c1-34-15-9-13(14(30(32)33)10-16(15)35-2)19(31)29-7-5-28(6-8-29)17-4-3-12(11-25-17)18-26-20(36-27-18)21(22,23)24/h3-4,9-11H,5-8H2,1-2H3. The van der Waals surface area contributed by atoms with E-state index in [1.54, 1.807) is 6.07 Å². The average molecular weight is 508 g/mol. The van der Waals surface area contributed by atoms with Gasteiger partial charge in [-0.15, -0.1) is 0 Å². The maximum atomic E-state index is 13.1. The number of methoxy groups -OCH3 is 2. The van der Waals surface area contributed by atoms with Crippen molar-refractivity contribution in [2.45, 2.75) is 6.18 Å². The molecule has 0 unspecified atom stereocenters. The summed E-state index contributed by atoms with van der Waals surface area (Å²) in [5.41, 5.74) is -0.271. The molecule has 0 aliphatic carbocycles. The van der Waals surface area contributed by atoms with Crippen molar-refractivity contribution < 1.29 is 36.9 Å². The third-order valence-electron chi connectivity index (χ3n) is 5.49. The lowest BCUT2D eigenvalue weighted by Gasteiger charge is -2.35. The molecule has 2 aromatic heterocycles. The number of carbonyl (C=O) groups excluding carboxylic acids is 1. The van der Waals surface area contributed by atoms with Crippen LogP contribution in [0.5, 0.6) is 11.5 Å². The quantitative estimate of drug-likeness (QED) is 0.361. The Morgan fingerprint density at radius 3 is 2.31 bits per heavy atom. The van der Waals surface area contributed by atoms with Gasteiger partial charge in [-0.3, -0.25) is 14.9 Å². The van der Waals surface area contributed by atoms with Gasteiger partial charge in [0.15, 0.2) is 11.5 Å². The number of nitro groups is 1. The molecule has 0 bridgehead atoms.